The number of hydrogen-bond acceptors (Lipinski definition) is 1. The number of nitrogens with two attached hydrogens (primary N) is 1. The molecular formula is C13H15AlN+. The molecule has 0 saturated heterocycles. The first-order valence-electron chi connectivity index (χ1n) is 4.98. The van der Waals surface area contributed by atoms with Crippen LogP contribution in [0.1, 0.15) is 0 Å². The van der Waals surface area contributed by atoms with Gasteiger partial charge < -0.3 is 5.73 Å². The van der Waals surface area contributed by atoms with Gasteiger partial charge in [0.15, 0.2) is 0 Å². The summed E-state index contributed by atoms with van der Waals surface area (Å²) in [5.74, 6) is 0. The Kier molecular flexibility index (Phi) is 5.81. The van der Waals surface area contributed by atoms with E-state index in [9.17, 15) is 0 Å². The molecular weight excluding hydrogens is 197 g/mol. The summed E-state index contributed by atoms with van der Waals surface area (Å²) < 4.78 is 2.90. The number of rotatable bonds is 2. The Morgan fingerprint density at radius 3 is 1.33 bits per heavy atom. The standard InChI is InChI=1S/2C6H5.CH5N.Al/c2*1-2-4-6-5-3-1;1-2;/h2*1-5H;2H2,1H3;/q;;;+1. The molecule has 0 bridgehead atoms. The van der Waals surface area contributed by atoms with Crippen LogP contribution in [0.5, 0.6) is 0 Å². The number of benzene rings is 2. The molecule has 0 radical (unpaired) electrons. The zero-order valence-electron chi connectivity index (χ0n) is 8.93. The van der Waals surface area contributed by atoms with Crippen LogP contribution in [0.3, 0.4) is 0 Å². The minimum absolute atomic E-state index is 0.271. The summed E-state index contributed by atoms with van der Waals surface area (Å²) in [4.78, 5) is 0. The Hall–Kier alpha value is -1.07. The van der Waals surface area contributed by atoms with Gasteiger partial charge in [-0.15, -0.1) is 0 Å². The van der Waals surface area contributed by atoms with Crippen LogP contribution < -0.4 is 14.6 Å². The summed E-state index contributed by atoms with van der Waals surface area (Å²) in [5, 5.41) is 0. The Balaban J connectivity index is 0.000000531. The predicted octanol–water partition coefficient (Wildman–Crippen LogP) is 0.916. The van der Waals surface area contributed by atoms with Crippen molar-refractivity contribution < 1.29 is 0 Å². The third-order valence-corrected chi connectivity index (χ3v) is 3.37. The first-order valence-corrected chi connectivity index (χ1v) is 6.13. The molecule has 2 heteroatoms. The quantitative estimate of drug-likeness (QED) is 0.736. The van der Waals surface area contributed by atoms with Crippen molar-refractivity contribution in [2.75, 3.05) is 7.05 Å². The predicted molar refractivity (Wildman–Crippen MR) is 68.0 cm³/mol. The number of hydrogen-bond donors (Lipinski definition) is 1. The van der Waals surface area contributed by atoms with Gasteiger partial charge in [0.1, 0.15) is 0 Å². The molecule has 2 rings (SSSR count). The van der Waals surface area contributed by atoms with Gasteiger partial charge in [-0.3, -0.25) is 0 Å². The van der Waals surface area contributed by atoms with Gasteiger partial charge in [-0.1, -0.05) is 0 Å². The van der Waals surface area contributed by atoms with Crippen LogP contribution >= 0.6 is 0 Å². The van der Waals surface area contributed by atoms with E-state index in [-0.39, 0.29) is 15.2 Å². The summed E-state index contributed by atoms with van der Waals surface area (Å²) in [6.45, 7) is 0. The summed E-state index contributed by atoms with van der Waals surface area (Å²) in [5.41, 5.74) is 4.50. The van der Waals surface area contributed by atoms with Gasteiger partial charge in [-0.2, -0.15) is 0 Å². The Morgan fingerprint density at radius 2 is 1.00 bits per heavy atom. The van der Waals surface area contributed by atoms with Crippen molar-refractivity contribution in [2.45, 2.75) is 0 Å². The first-order chi connectivity index (χ1) is 7.45. The summed E-state index contributed by atoms with van der Waals surface area (Å²) in [6.07, 6.45) is 0. The third kappa shape index (κ3) is 4.31. The van der Waals surface area contributed by atoms with Crippen molar-refractivity contribution >= 4 is 24.1 Å². The second-order valence-corrected chi connectivity index (χ2v) is 4.59. The van der Waals surface area contributed by atoms with E-state index in [1.807, 2.05) is 0 Å². The fraction of sp³-hybridized carbons (Fsp3) is 0.0769. The van der Waals surface area contributed by atoms with E-state index in [2.05, 4.69) is 66.4 Å². The van der Waals surface area contributed by atoms with Crippen LogP contribution in [-0.4, -0.2) is 22.3 Å². The van der Waals surface area contributed by atoms with Gasteiger partial charge >= 0.3 is 84.7 Å². The first kappa shape index (κ1) is 12.0. The zero-order chi connectivity index (χ0) is 10.9. The molecule has 15 heavy (non-hydrogen) atoms. The average molecular weight is 212 g/mol. The van der Waals surface area contributed by atoms with E-state index in [0.717, 1.165) is 0 Å². The van der Waals surface area contributed by atoms with Crippen molar-refractivity contribution in [1.82, 2.24) is 0 Å². The van der Waals surface area contributed by atoms with Crippen LogP contribution in [0, 0.1) is 0 Å². The van der Waals surface area contributed by atoms with Crippen molar-refractivity contribution in [3.8, 4) is 0 Å². The second-order valence-electron chi connectivity index (χ2n) is 2.97. The third-order valence-electron chi connectivity index (χ3n) is 1.93. The zero-order valence-corrected chi connectivity index (χ0v) is 10.1. The SMILES string of the molecule is CN.c1cc[c]([Al+][c]2ccccc2)cc1. The van der Waals surface area contributed by atoms with E-state index in [4.69, 9.17) is 0 Å². The molecule has 0 spiro atoms. The van der Waals surface area contributed by atoms with Crippen LogP contribution in [0.4, 0.5) is 0 Å². The van der Waals surface area contributed by atoms with E-state index >= 15 is 0 Å². The van der Waals surface area contributed by atoms with Crippen LogP contribution in [0.15, 0.2) is 60.7 Å². The molecule has 0 amide bonds. The molecule has 0 fully saturated rings. The fourth-order valence-corrected chi connectivity index (χ4v) is 2.51. The summed E-state index contributed by atoms with van der Waals surface area (Å²) in [6, 6.07) is 21.3. The molecule has 0 atom stereocenters. The Bertz CT molecular complexity index is 321. The molecule has 2 aromatic carbocycles. The molecule has 0 aliphatic rings. The topological polar surface area (TPSA) is 26.0 Å². The molecule has 0 aliphatic heterocycles. The van der Waals surface area contributed by atoms with Gasteiger partial charge in [-0.25, -0.2) is 0 Å². The van der Waals surface area contributed by atoms with Crippen LogP contribution in [-0.2, 0) is 0 Å². The van der Waals surface area contributed by atoms with Crippen molar-refractivity contribution in [1.29, 1.82) is 0 Å². The molecule has 1 nitrogen and oxygen atoms in total. The molecule has 74 valence electrons. The van der Waals surface area contributed by atoms with E-state index in [0.29, 0.717) is 0 Å². The van der Waals surface area contributed by atoms with Crippen LogP contribution in [0.2, 0.25) is 0 Å². The van der Waals surface area contributed by atoms with Gasteiger partial charge in [-0.05, 0) is 7.05 Å². The van der Waals surface area contributed by atoms with Gasteiger partial charge in [0.2, 0.25) is 0 Å². The molecule has 2 N–H and O–H groups in total. The van der Waals surface area contributed by atoms with Gasteiger partial charge in [0, 0.05) is 0 Å². The molecule has 0 aromatic heterocycles. The van der Waals surface area contributed by atoms with E-state index < -0.39 is 0 Å². The summed E-state index contributed by atoms with van der Waals surface area (Å²) >= 11 is 0.271. The van der Waals surface area contributed by atoms with Gasteiger partial charge in [0.05, 0.1) is 0 Å². The maximum atomic E-state index is 4.50. The monoisotopic (exact) mass is 212 g/mol. The van der Waals surface area contributed by atoms with Crippen molar-refractivity contribution in [3.05, 3.63) is 60.7 Å². The van der Waals surface area contributed by atoms with Crippen molar-refractivity contribution in [3.63, 3.8) is 0 Å². The average Bonchev–Trinajstić information content (AvgIpc) is 2.34. The van der Waals surface area contributed by atoms with Gasteiger partial charge in [0.25, 0.3) is 0 Å². The fourth-order valence-electron chi connectivity index (χ4n) is 1.29. The molecule has 0 aliphatic carbocycles. The van der Waals surface area contributed by atoms with Crippen molar-refractivity contribution in [2.24, 2.45) is 5.73 Å². The maximum absolute atomic E-state index is 4.50. The van der Waals surface area contributed by atoms with Crippen LogP contribution in [0.25, 0.3) is 0 Å². The molecule has 0 unspecified atom stereocenters. The Labute approximate surface area is 97.7 Å². The summed E-state index contributed by atoms with van der Waals surface area (Å²) in [7, 11) is 1.50. The van der Waals surface area contributed by atoms with E-state index in [1.165, 1.54) is 15.9 Å². The van der Waals surface area contributed by atoms with E-state index in [1.54, 1.807) is 0 Å². The minimum atomic E-state index is 0.271. The molecule has 0 saturated carbocycles. The molecule has 0 heterocycles. The normalized spacial score (nSPS) is 8.40. The molecule has 2 aromatic rings. The second kappa shape index (κ2) is 7.25. The Morgan fingerprint density at radius 1 is 0.667 bits per heavy atom.